The van der Waals surface area contributed by atoms with Crippen LogP contribution in [0, 0.1) is 19.3 Å². The smallest absolute Gasteiger partial charge is 0.122 e. The SMILES string of the molecule is Cc1ccc(C)c(OCCNCCC(C)(C)C)c1. The van der Waals surface area contributed by atoms with Gasteiger partial charge < -0.3 is 10.1 Å². The molecule has 2 nitrogen and oxygen atoms in total. The molecule has 1 aromatic carbocycles. The fourth-order valence-electron chi connectivity index (χ4n) is 1.68. The van der Waals surface area contributed by atoms with Crippen molar-refractivity contribution < 1.29 is 4.74 Å². The van der Waals surface area contributed by atoms with Crippen molar-refractivity contribution in [2.24, 2.45) is 5.41 Å². The summed E-state index contributed by atoms with van der Waals surface area (Å²) in [5, 5.41) is 3.42. The van der Waals surface area contributed by atoms with Crippen LogP contribution in [0.25, 0.3) is 0 Å². The number of hydrogen-bond acceptors (Lipinski definition) is 2. The van der Waals surface area contributed by atoms with E-state index in [9.17, 15) is 0 Å². The Bertz CT molecular complexity index is 366. The number of nitrogens with one attached hydrogen (secondary N) is 1. The van der Waals surface area contributed by atoms with Crippen LogP contribution in [0.3, 0.4) is 0 Å². The molecule has 0 unspecified atom stereocenters. The van der Waals surface area contributed by atoms with Crippen molar-refractivity contribution in [3.63, 3.8) is 0 Å². The fraction of sp³-hybridized carbons (Fsp3) is 0.625. The Morgan fingerprint density at radius 3 is 2.50 bits per heavy atom. The number of ether oxygens (including phenoxy) is 1. The van der Waals surface area contributed by atoms with Gasteiger partial charge >= 0.3 is 0 Å². The van der Waals surface area contributed by atoms with E-state index in [4.69, 9.17) is 4.74 Å². The summed E-state index contributed by atoms with van der Waals surface area (Å²) in [5.74, 6) is 1.01. The Morgan fingerprint density at radius 1 is 1.11 bits per heavy atom. The summed E-state index contributed by atoms with van der Waals surface area (Å²) in [6.07, 6.45) is 1.19. The van der Waals surface area contributed by atoms with Crippen LogP contribution in [0.1, 0.15) is 38.3 Å². The van der Waals surface area contributed by atoms with Crippen LogP contribution < -0.4 is 10.1 Å². The van der Waals surface area contributed by atoms with E-state index in [1.54, 1.807) is 0 Å². The monoisotopic (exact) mass is 249 g/mol. The molecule has 0 aliphatic heterocycles. The summed E-state index contributed by atoms with van der Waals surface area (Å²) in [4.78, 5) is 0. The molecule has 0 amide bonds. The third-order valence-electron chi connectivity index (χ3n) is 2.93. The van der Waals surface area contributed by atoms with E-state index in [0.29, 0.717) is 5.41 Å². The zero-order valence-corrected chi connectivity index (χ0v) is 12.5. The predicted molar refractivity (Wildman–Crippen MR) is 78.4 cm³/mol. The summed E-state index contributed by atoms with van der Waals surface area (Å²) >= 11 is 0. The van der Waals surface area contributed by atoms with Gasteiger partial charge in [-0.1, -0.05) is 32.9 Å². The van der Waals surface area contributed by atoms with Crippen LogP contribution in [0.4, 0.5) is 0 Å². The van der Waals surface area contributed by atoms with Gasteiger partial charge in [0.1, 0.15) is 12.4 Å². The summed E-state index contributed by atoms with van der Waals surface area (Å²) in [5.41, 5.74) is 2.85. The first-order valence-corrected chi connectivity index (χ1v) is 6.79. The summed E-state index contributed by atoms with van der Waals surface area (Å²) in [7, 11) is 0. The Labute approximate surface area is 112 Å². The molecule has 0 fully saturated rings. The second-order valence-corrected chi connectivity index (χ2v) is 6.18. The third kappa shape index (κ3) is 6.06. The molecule has 0 saturated heterocycles. The Kier molecular flexibility index (Phi) is 5.67. The fourth-order valence-corrected chi connectivity index (χ4v) is 1.68. The molecular formula is C16H27NO. The van der Waals surface area contributed by atoms with E-state index in [2.05, 4.69) is 58.1 Å². The number of hydrogen-bond donors (Lipinski definition) is 1. The van der Waals surface area contributed by atoms with E-state index in [1.807, 2.05) is 0 Å². The Balaban J connectivity index is 2.20. The molecule has 18 heavy (non-hydrogen) atoms. The van der Waals surface area contributed by atoms with Crippen LogP contribution >= 0.6 is 0 Å². The van der Waals surface area contributed by atoms with Gasteiger partial charge in [0.25, 0.3) is 0 Å². The minimum Gasteiger partial charge on any atom is -0.492 e. The Hall–Kier alpha value is -1.02. The number of benzene rings is 1. The van der Waals surface area contributed by atoms with Gasteiger partial charge in [-0.05, 0) is 49.4 Å². The van der Waals surface area contributed by atoms with Gasteiger partial charge in [-0.3, -0.25) is 0 Å². The molecule has 1 N–H and O–H groups in total. The molecule has 1 aromatic rings. The maximum Gasteiger partial charge on any atom is 0.122 e. The molecule has 2 heteroatoms. The quantitative estimate of drug-likeness (QED) is 0.776. The van der Waals surface area contributed by atoms with Crippen molar-refractivity contribution in [2.45, 2.75) is 41.0 Å². The molecule has 1 rings (SSSR count). The lowest BCUT2D eigenvalue weighted by atomic mass is 9.92. The molecule has 102 valence electrons. The van der Waals surface area contributed by atoms with Crippen molar-refractivity contribution in [1.29, 1.82) is 0 Å². The predicted octanol–water partition coefficient (Wildman–Crippen LogP) is 3.71. The highest BCUT2D eigenvalue weighted by molar-refractivity contribution is 5.35. The average molecular weight is 249 g/mol. The van der Waals surface area contributed by atoms with E-state index < -0.39 is 0 Å². The van der Waals surface area contributed by atoms with E-state index in [0.717, 1.165) is 25.4 Å². The minimum absolute atomic E-state index is 0.404. The zero-order valence-electron chi connectivity index (χ0n) is 12.5. The maximum atomic E-state index is 5.79. The number of aryl methyl sites for hydroxylation is 2. The largest absolute Gasteiger partial charge is 0.492 e. The first kappa shape index (κ1) is 15.0. The van der Waals surface area contributed by atoms with Crippen LogP contribution in [0.15, 0.2) is 18.2 Å². The van der Waals surface area contributed by atoms with Crippen molar-refractivity contribution in [3.05, 3.63) is 29.3 Å². The normalized spacial score (nSPS) is 11.6. The van der Waals surface area contributed by atoms with Crippen LogP contribution in [-0.2, 0) is 0 Å². The van der Waals surface area contributed by atoms with Gasteiger partial charge in [0.05, 0.1) is 0 Å². The van der Waals surface area contributed by atoms with Gasteiger partial charge in [0.15, 0.2) is 0 Å². The van der Waals surface area contributed by atoms with Gasteiger partial charge in [-0.2, -0.15) is 0 Å². The highest BCUT2D eigenvalue weighted by Crippen LogP contribution is 2.19. The lowest BCUT2D eigenvalue weighted by Gasteiger charge is -2.18. The Morgan fingerprint density at radius 2 is 1.83 bits per heavy atom. The summed E-state index contributed by atoms with van der Waals surface area (Å²) < 4.78 is 5.79. The first-order chi connectivity index (χ1) is 8.38. The van der Waals surface area contributed by atoms with Crippen LogP contribution in [0.5, 0.6) is 5.75 Å². The van der Waals surface area contributed by atoms with E-state index in [1.165, 1.54) is 17.5 Å². The van der Waals surface area contributed by atoms with E-state index in [-0.39, 0.29) is 0 Å². The van der Waals surface area contributed by atoms with Crippen LogP contribution in [0.2, 0.25) is 0 Å². The summed E-state index contributed by atoms with van der Waals surface area (Å²) in [6.45, 7) is 13.7. The molecule has 0 heterocycles. The van der Waals surface area contributed by atoms with Gasteiger partial charge in [-0.15, -0.1) is 0 Å². The molecule has 0 atom stereocenters. The summed E-state index contributed by atoms with van der Waals surface area (Å²) in [6, 6.07) is 6.33. The topological polar surface area (TPSA) is 21.3 Å². The minimum atomic E-state index is 0.404. The molecule has 0 spiro atoms. The number of rotatable bonds is 6. The second-order valence-electron chi connectivity index (χ2n) is 6.18. The van der Waals surface area contributed by atoms with Crippen molar-refractivity contribution in [2.75, 3.05) is 19.7 Å². The van der Waals surface area contributed by atoms with Crippen LogP contribution in [-0.4, -0.2) is 19.7 Å². The molecule has 0 aliphatic rings. The van der Waals surface area contributed by atoms with Crippen molar-refractivity contribution >= 4 is 0 Å². The first-order valence-electron chi connectivity index (χ1n) is 6.79. The van der Waals surface area contributed by atoms with E-state index >= 15 is 0 Å². The molecule has 0 saturated carbocycles. The van der Waals surface area contributed by atoms with Crippen molar-refractivity contribution in [3.8, 4) is 5.75 Å². The molecule has 0 aromatic heterocycles. The molecule has 0 aliphatic carbocycles. The second kappa shape index (κ2) is 6.79. The molecular weight excluding hydrogens is 222 g/mol. The zero-order chi connectivity index (χ0) is 13.6. The van der Waals surface area contributed by atoms with Gasteiger partial charge in [0, 0.05) is 6.54 Å². The van der Waals surface area contributed by atoms with Crippen molar-refractivity contribution in [1.82, 2.24) is 5.32 Å². The highest BCUT2D eigenvalue weighted by Gasteiger charge is 2.08. The molecule has 0 bridgehead atoms. The standard InChI is InChI=1S/C16H27NO/c1-13-6-7-14(2)15(12-13)18-11-10-17-9-8-16(3,4)5/h6-7,12,17H,8-11H2,1-5H3. The van der Waals surface area contributed by atoms with Gasteiger partial charge in [0.2, 0.25) is 0 Å². The third-order valence-corrected chi connectivity index (χ3v) is 2.93. The lowest BCUT2D eigenvalue weighted by Crippen LogP contribution is -2.25. The average Bonchev–Trinajstić information content (AvgIpc) is 2.26. The maximum absolute atomic E-state index is 5.79. The molecule has 0 radical (unpaired) electrons. The lowest BCUT2D eigenvalue weighted by molar-refractivity contribution is 0.302. The highest BCUT2D eigenvalue weighted by atomic mass is 16.5. The van der Waals surface area contributed by atoms with Gasteiger partial charge in [-0.25, -0.2) is 0 Å².